The van der Waals surface area contributed by atoms with Gasteiger partial charge in [0.25, 0.3) is 10.0 Å². The van der Waals surface area contributed by atoms with Crippen molar-refractivity contribution in [2.45, 2.75) is 4.21 Å². The first-order valence-corrected chi connectivity index (χ1v) is 8.50. The molecule has 2 aromatic rings. The van der Waals surface area contributed by atoms with Gasteiger partial charge in [-0.1, -0.05) is 23.8 Å². The van der Waals surface area contributed by atoms with Gasteiger partial charge in [0, 0.05) is 0 Å². The summed E-state index contributed by atoms with van der Waals surface area (Å²) >= 11 is 14.8. The predicted octanol–water partition coefficient (Wildman–Crippen LogP) is 2.32. The molecule has 0 aliphatic heterocycles. The molecule has 0 amide bonds. The first-order chi connectivity index (χ1) is 8.81. The summed E-state index contributed by atoms with van der Waals surface area (Å²) < 4.78 is 27.2. The Morgan fingerprint density at radius 3 is 2.84 bits per heavy atom. The number of nitrogens with one attached hydrogen (secondary N) is 2. The third kappa shape index (κ3) is 3.08. The standard InChI is InChI=1S/C8H6BrClN4O2S3/c9-6-4(10)1-5(18-6)19(15,16)14-8-3(7(11)17)2-12-13-8/h1-2H,(H2,11,17)(H2,12,13,14). The van der Waals surface area contributed by atoms with E-state index in [9.17, 15) is 8.42 Å². The summed E-state index contributed by atoms with van der Waals surface area (Å²) in [4.78, 5) is 0.0387. The number of nitrogens with zero attached hydrogens (tertiary/aromatic N) is 1. The van der Waals surface area contributed by atoms with Gasteiger partial charge in [-0.15, -0.1) is 11.3 Å². The van der Waals surface area contributed by atoms with E-state index in [4.69, 9.17) is 29.6 Å². The van der Waals surface area contributed by atoms with Gasteiger partial charge in [-0.3, -0.25) is 9.82 Å². The smallest absolute Gasteiger partial charge is 0.272 e. The van der Waals surface area contributed by atoms with E-state index < -0.39 is 10.0 Å². The van der Waals surface area contributed by atoms with Crippen LogP contribution in [0, 0.1) is 0 Å². The fraction of sp³-hybridized carbons (Fsp3) is 0. The Kier molecular flexibility index (Phi) is 4.16. The van der Waals surface area contributed by atoms with Crippen LogP contribution in [-0.4, -0.2) is 23.6 Å². The first-order valence-electron chi connectivity index (χ1n) is 4.62. The van der Waals surface area contributed by atoms with Gasteiger partial charge in [0.15, 0.2) is 0 Å². The average molecular weight is 402 g/mol. The molecular weight excluding hydrogens is 396 g/mol. The third-order valence-corrected chi connectivity index (χ3v) is 6.55. The van der Waals surface area contributed by atoms with Crippen LogP contribution in [0.1, 0.15) is 5.56 Å². The highest BCUT2D eigenvalue weighted by molar-refractivity contribution is 9.11. The second kappa shape index (κ2) is 5.37. The van der Waals surface area contributed by atoms with Gasteiger partial charge in [0.1, 0.15) is 15.0 Å². The summed E-state index contributed by atoms with van der Waals surface area (Å²) in [7, 11) is -3.77. The van der Waals surface area contributed by atoms with Crippen molar-refractivity contribution in [1.82, 2.24) is 10.2 Å². The van der Waals surface area contributed by atoms with Crippen molar-refractivity contribution >= 4 is 71.9 Å². The van der Waals surface area contributed by atoms with Crippen molar-refractivity contribution in [1.29, 1.82) is 0 Å². The highest BCUT2D eigenvalue weighted by Crippen LogP contribution is 2.35. The van der Waals surface area contributed by atoms with Crippen molar-refractivity contribution in [2.75, 3.05) is 4.72 Å². The van der Waals surface area contributed by atoms with Gasteiger partial charge in [-0.2, -0.15) is 5.10 Å². The quantitative estimate of drug-likeness (QED) is 0.683. The molecule has 2 aromatic heterocycles. The van der Waals surface area contributed by atoms with Gasteiger partial charge in [0.2, 0.25) is 0 Å². The Morgan fingerprint density at radius 2 is 2.32 bits per heavy atom. The minimum atomic E-state index is -3.77. The maximum Gasteiger partial charge on any atom is 0.272 e. The molecule has 0 aliphatic rings. The van der Waals surface area contributed by atoms with E-state index in [-0.39, 0.29) is 15.0 Å². The molecule has 19 heavy (non-hydrogen) atoms. The topological polar surface area (TPSA) is 101 Å². The summed E-state index contributed by atoms with van der Waals surface area (Å²) in [5.41, 5.74) is 5.78. The Hall–Kier alpha value is -0.680. The molecule has 0 saturated heterocycles. The lowest BCUT2D eigenvalue weighted by Gasteiger charge is -2.05. The van der Waals surface area contributed by atoms with Gasteiger partial charge in [-0.05, 0) is 22.0 Å². The van der Waals surface area contributed by atoms with Gasteiger partial charge in [0.05, 0.1) is 20.6 Å². The average Bonchev–Trinajstić information content (AvgIpc) is 2.87. The second-order valence-corrected chi connectivity index (χ2v) is 8.44. The van der Waals surface area contributed by atoms with Crippen molar-refractivity contribution in [3.63, 3.8) is 0 Å². The van der Waals surface area contributed by atoms with Crippen LogP contribution in [0.25, 0.3) is 0 Å². The lowest BCUT2D eigenvalue weighted by atomic mass is 10.3. The van der Waals surface area contributed by atoms with Gasteiger partial charge < -0.3 is 5.73 Å². The Labute approximate surface area is 131 Å². The van der Waals surface area contributed by atoms with Crippen LogP contribution in [0.3, 0.4) is 0 Å². The predicted molar refractivity (Wildman–Crippen MR) is 82.3 cm³/mol. The minimum Gasteiger partial charge on any atom is -0.389 e. The number of hydrogen-bond donors (Lipinski definition) is 3. The van der Waals surface area contributed by atoms with Crippen molar-refractivity contribution in [3.8, 4) is 0 Å². The molecule has 4 N–H and O–H groups in total. The molecule has 2 rings (SSSR count). The van der Waals surface area contributed by atoms with E-state index in [1.54, 1.807) is 0 Å². The molecule has 0 unspecified atom stereocenters. The van der Waals surface area contributed by atoms with E-state index in [2.05, 4.69) is 30.8 Å². The fourth-order valence-electron chi connectivity index (χ4n) is 1.19. The number of thiophene rings is 1. The lowest BCUT2D eigenvalue weighted by Crippen LogP contribution is -2.16. The van der Waals surface area contributed by atoms with Crippen LogP contribution in [0.5, 0.6) is 0 Å². The van der Waals surface area contributed by atoms with Gasteiger partial charge in [-0.25, -0.2) is 8.42 Å². The molecule has 2 heterocycles. The molecule has 11 heteroatoms. The van der Waals surface area contributed by atoms with Crippen LogP contribution in [0.15, 0.2) is 20.3 Å². The highest BCUT2D eigenvalue weighted by Gasteiger charge is 2.21. The summed E-state index contributed by atoms with van der Waals surface area (Å²) in [6.45, 7) is 0. The zero-order chi connectivity index (χ0) is 14.2. The Balaban J connectivity index is 2.36. The number of halogens is 2. The summed E-state index contributed by atoms with van der Waals surface area (Å²) in [6.07, 6.45) is 1.34. The molecule has 0 bridgehead atoms. The van der Waals surface area contributed by atoms with Crippen LogP contribution >= 0.6 is 51.1 Å². The number of aromatic amines is 1. The highest BCUT2D eigenvalue weighted by atomic mass is 79.9. The third-order valence-electron chi connectivity index (χ3n) is 2.03. The number of thiocarbonyl (C=S) groups is 1. The Morgan fingerprint density at radius 1 is 1.63 bits per heavy atom. The molecule has 0 radical (unpaired) electrons. The molecule has 0 spiro atoms. The van der Waals surface area contributed by atoms with Gasteiger partial charge >= 0.3 is 0 Å². The Bertz CT molecular complexity index is 720. The van der Waals surface area contributed by atoms with E-state index in [0.29, 0.717) is 14.4 Å². The van der Waals surface area contributed by atoms with Crippen molar-refractivity contribution in [2.24, 2.45) is 5.73 Å². The lowest BCUT2D eigenvalue weighted by molar-refractivity contribution is 0.603. The van der Waals surface area contributed by atoms with Crippen LogP contribution in [0.2, 0.25) is 5.02 Å². The molecular formula is C8H6BrClN4O2S3. The fourth-order valence-corrected chi connectivity index (χ4v) is 4.78. The minimum absolute atomic E-state index is 0.0387. The molecule has 6 nitrogen and oxygen atoms in total. The molecule has 0 saturated carbocycles. The normalized spacial score (nSPS) is 11.5. The van der Waals surface area contributed by atoms with Crippen molar-refractivity contribution < 1.29 is 8.42 Å². The maximum atomic E-state index is 12.1. The zero-order valence-electron chi connectivity index (χ0n) is 8.98. The number of rotatable bonds is 4. The second-order valence-electron chi connectivity index (χ2n) is 3.32. The zero-order valence-corrected chi connectivity index (χ0v) is 13.8. The molecule has 0 atom stereocenters. The van der Waals surface area contributed by atoms with E-state index in [1.807, 2.05) is 0 Å². The molecule has 0 fully saturated rings. The van der Waals surface area contributed by atoms with E-state index >= 15 is 0 Å². The number of hydrogen-bond acceptors (Lipinski definition) is 5. The van der Waals surface area contributed by atoms with Crippen LogP contribution in [-0.2, 0) is 10.0 Å². The largest absolute Gasteiger partial charge is 0.389 e. The maximum absolute atomic E-state index is 12.1. The number of anilines is 1. The van der Waals surface area contributed by atoms with Crippen LogP contribution in [0.4, 0.5) is 5.82 Å². The number of H-pyrrole nitrogens is 1. The first kappa shape index (κ1) is 14.7. The molecule has 0 aromatic carbocycles. The summed E-state index contributed by atoms with van der Waals surface area (Å²) in [5.74, 6) is 0.119. The number of nitrogens with two attached hydrogens (primary N) is 1. The SMILES string of the molecule is NC(=S)c1cn[nH]c1NS(=O)(=O)c1cc(Cl)c(Br)s1. The van der Waals surface area contributed by atoms with E-state index in [0.717, 1.165) is 11.3 Å². The van der Waals surface area contributed by atoms with Crippen molar-refractivity contribution in [3.05, 3.63) is 26.6 Å². The molecule has 102 valence electrons. The van der Waals surface area contributed by atoms with E-state index in [1.165, 1.54) is 12.3 Å². The van der Waals surface area contributed by atoms with Crippen LogP contribution < -0.4 is 10.5 Å². The number of sulfonamides is 1. The monoisotopic (exact) mass is 400 g/mol. The molecule has 0 aliphatic carbocycles. The summed E-state index contributed by atoms with van der Waals surface area (Å²) in [5, 5.41) is 6.50. The number of aromatic nitrogens is 2. The summed E-state index contributed by atoms with van der Waals surface area (Å²) in [6, 6.07) is 1.34.